The van der Waals surface area contributed by atoms with Crippen LogP contribution >= 0.6 is 0 Å². The van der Waals surface area contributed by atoms with Crippen molar-refractivity contribution in [3.05, 3.63) is 17.0 Å². The summed E-state index contributed by atoms with van der Waals surface area (Å²) in [4.78, 5) is 5.18. The fourth-order valence-corrected chi connectivity index (χ4v) is 3.25. The summed E-state index contributed by atoms with van der Waals surface area (Å²) in [5.74, 6) is 0.975. The first-order valence-corrected chi connectivity index (χ1v) is 7.33. The molecule has 1 aromatic rings. The molecule has 1 unspecified atom stereocenters. The molecule has 0 amide bonds. The molecule has 0 radical (unpaired) electrons. The molecular formula is C14H24N4O. The van der Waals surface area contributed by atoms with Gasteiger partial charge in [0.25, 0.3) is 0 Å². The third-order valence-corrected chi connectivity index (χ3v) is 4.48. The van der Waals surface area contributed by atoms with E-state index in [4.69, 9.17) is 4.52 Å². The summed E-state index contributed by atoms with van der Waals surface area (Å²) in [6, 6.07) is 0.738. The van der Waals surface area contributed by atoms with Gasteiger partial charge in [0.1, 0.15) is 5.76 Å². The normalized spacial score (nSPS) is 26.1. The zero-order valence-electron chi connectivity index (χ0n) is 12.0. The number of aromatic nitrogens is 1. The Morgan fingerprint density at radius 3 is 2.74 bits per heavy atom. The number of rotatable bonds is 3. The lowest BCUT2D eigenvalue weighted by Gasteiger charge is -2.32. The Labute approximate surface area is 114 Å². The highest BCUT2D eigenvalue weighted by Gasteiger charge is 2.29. The van der Waals surface area contributed by atoms with Crippen molar-refractivity contribution in [3.8, 4) is 0 Å². The molecule has 5 nitrogen and oxygen atoms in total. The number of likely N-dealkylation sites (tertiary alicyclic amines) is 1. The molecule has 19 heavy (non-hydrogen) atoms. The van der Waals surface area contributed by atoms with Crippen molar-refractivity contribution < 1.29 is 4.52 Å². The van der Waals surface area contributed by atoms with Crippen LogP contribution in [0.25, 0.3) is 0 Å². The van der Waals surface area contributed by atoms with Crippen molar-refractivity contribution in [2.45, 2.75) is 32.9 Å². The molecule has 2 fully saturated rings. The van der Waals surface area contributed by atoms with Gasteiger partial charge in [-0.25, -0.2) is 0 Å². The lowest BCUT2D eigenvalue weighted by molar-refractivity contribution is 0.170. The van der Waals surface area contributed by atoms with Crippen LogP contribution in [0.2, 0.25) is 0 Å². The smallest absolute Gasteiger partial charge is 0.138 e. The molecule has 1 atom stereocenters. The fourth-order valence-electron chi connectivity index (χ4n) is 3.25. The summed E-state index contributed by atoms with van der Waals surface area (Å²) in [7, 11) is 0. The van der Waals surface area contributed by atoms with Gasteiger partial charge in [-0.05, 0) is 20.3 Å². The highest BCUT2D eigenvalue weighted by molar-refractivity contribution is 5.20. The summed E-state index contributed by atoms with van der Waals surface area (Å²) in [5, 5.41) is 7.47. The van der Waals surface area contributed by atoms with Gasteiger partial charge in [0.05, 0.1) is 5.69 Å². The van der Waals surface area contributed by atoms with Crippen LogP contribution in [-0.4, -0.2) is 60.3 Å². The van der Waals surface area contributed by atoms with E-state index >= 15 is 0 Å². The van der Waals surface area contributed by atoms with E-state index in [1.165, 1.54) is 38.2 Å². The van der Waals surface area contributed by atoms with E-state index in [9.17, 15) is 0 Å². The lowest BCUT2D eigenvalue weighted by atomic mass is 10.2. The third-order valence-electron chi connectivity index (χ3n) is 4.48. The molecule has 1 aromatic heterocycles. The Morgan fingerprint density at radius 1 is 1.26 bits per heavy atom. The van der Waals surface area contributed by atoms with Crippen molar-refractivity contribution in [3.63, 3.8) is 0 Å². The van der Waals surface area contributed by atoms with Crippen molar-refractivity contribution in [2.75, 3.05) is 39.3 Å². The Morgan fingerprint density at radius 2 is 2.05 bits per heavy atom. The van der Waals surface area contributed by atoms with E-state index in [2.05, 4.69) is 20.3 Å². The zero-order chi connectivity index (χ0) is 13.2. The van der Waals surface area contributed by atoms with Crippen LogP contribution in [0.5, 0.6) is 0 Å². The minimum Gasteiger partial charge on any atom is -0.361 e. The Hall–Kier alpha value is -0.910. The summed E-state index contributed by atoms with van der Waals surface area (Å²) in [5.41, 5.74) is 2.32. The van der Waals surface area contributed by atoms with Gasteiger partial charge in [-0.2, -0.15) is 0 Å². The van der Waals surface area contributed by atoms with Gasteiger partial charge in [-0.15, -0.1) is 0 Å². The van der Waals surface area contributed by atoms with Crippen LogP contribution in [-0.2, 0) is 6.54 Å². The molecular weight excluding hydrogens is 240 g/mol. The molecule has 3 heterocycles. The number of hydrogen-bond donors (Lipinski definition) is 1. The van der Waals surface area contributed by atoms with Crippen LogP contribution < -0.4 is 5.32 Å². The van der Waals surface area contributed by atoms with Crippen LogP contribution in [0, 0.1) is 13.8 Å². The van der Waals surface area contributed by atoms with E-state index in [-0.39, 0.29) is 0 Å². The maximum atomic E-state index is 5.25. The van der Waals surface area contributed by atoms with Crippen LogP contribution in [0.4, 0.5) is 0 Å². The average molecular weight is 264 g/mol. The van der Waals surface area contributed by atoms with Gasteiger partial charge in [-0.3, -0.25) is 9.80 Å². The molecule has 2 aliphatic rings. The number of nitrogens with one attached hydrogen (secondary N) is 1. The van der Waals surface area contributed by atoms with Gasteiger partial charge < -0.3 is 9.84 Å². The summed E-state index contributed by atoms with van der Waals surface area (Å²) >= 11 is 0. The second kappa shape index (κ2) is 5.61. The topological polar surface area (TPSA) is 44.5 Å². The first kappa shape index (κ1) is 13.1. The minimum atomic E-state index is 0.738. The first-order chi connectivity index (χ1) is 9.24. The second-order valence-corrected chi connectivity index (χ2v) is 5.77. The maximum Gasteiger partial charge on any atom is 0.138 e. The number of aryl methyl sites for hydroxylation is 2. The highest BCUT2D eigenvalue weighted by Crippen LogP contribution is 2.21. The predicted molar refractivity (Wildman–Crippen MR) is 74.1 cm³/mol. The second-order valence-electron chi connectivity index (χ2n) is 5.77. The van der Waals surface area contributed by atoms with E-state index < -0.39 is 0 Å². The number of piperazine rings is 1. The van der Waals surface area contributed by atoms with Crippen molar-refractivity contribution in [1.29, 1.82) is 0 Å². The van der Waals surface area contributed by atoms with E-state index in [1.54, 1.807) is 0 Å². The lowest BCUT2D eigenvalue weighted by Crippen LogP contribution is -2.49. The van der Waals surface area contributed by atoms with Gasteiger partial charge in [0, 0.05) is 57.4 Å². The Bertz CT molecular complexity index is 406. The zero-order valence-corrected chi connectivity index (χ0v) is 12.0. The van der Waals surface area contributed by atoms with E-state index in [0.29, 0.717) is 0 Å². The average Bonchev–Trinajstić information content (AvgIpc) is 3.02. The molecule has 0 bridgehead atoms. The van der Waals surface area contributed by atoms with Crippen molar-refractivity contribution in [2.24, 2.45) is 0 Å². The van der Waals surface area contributed by atoms with Gasteiger partial charge in [-0.1, -0.05) is 5.16 Å². The molecule has 106 valence electrons. The molecule has 5 heteroatoms. The first-order valence-electron chi connectivity index (χ1n) is 7.33. The molecule has 0 saturated carbocycles. The van der Waals surface area contributed by atoms with Crippen molar-refractivity contribution >= 4 is 0 Å². The standard InChI is InChI=1S/C14H24N4O/c1-11-14(12(2)19-16-11)10-17-6-3-13(9-17)18-7-4-15-5-8-18/h13,15H,3-10H2,1-2H3. The fraction of sp³-hybridized carbons (Fsp3) is 0.786. The Balaban J connectivity index is 1.57. The summed E-state index contributed by atoms with van der Waals surface area (Å²) < 4.78 is 5.25. The maximum absolute atomic E-state index is 5.25. The monoisotopic (exact) mass is 264 g/mol. The van der Waals surface area contributed by atoms with Crippen LogP contribution in [0.3, 0.4) is 0 Å². The SMILES string of the molecule is Cc1noc(C)c1CN1CCC(N2CCNCC2)C1. The molecule has 1 N–H and O–H groups in total. The van der Waals surface area contributed by atoms with Gasteiger partial charge >= 0.3 is 0 Å². The van der Waals surface area contributed by atoms with Crippen molar-refractivity contribution in [1.82, 2.24) is 20.3 Å². The molecule has 0 aromatic carbocycles. The molecule has 2 saturated heterocycles. The van der Waals surface area contributed by atoms with Crippen LogP contribution in [0.15, 0.2) is 4.52 Å². The molecule has 2 aliphatic heterocycles. The number of hydrogen-bond acceptors (Lipinski definition) is 5. The van der Waals surface area contributed by atoms with Crippen LogP contribution in [0.1, 0.15) is 23.4 Å². The predicted octanol–water partition coefficient (Wildman–Crippen LogP) is 0.771. The highest BCUT2D eigenvalue weighted by atomic mass is 16.5. The minimum absolute atomic E-state index is 0.738. The largest absolute Gasteiger partial charge is 0.361 e. The molecule has 0 aliphatic carbocycles. The molecule has 3 rings (SSSR count). The summed E-state index contributed by atoms with van der Waals surface area (Å²) in [6.45, 7) is 12.1. The number of nitrogens with zero attached hydrogens (tertiary/aromatic N) is 3. The molecule has 0 spiro atoms. The third kappa shape index (κ3) is 2.83. The summed E-state index contributed by atoms with van der Waals surface area (Å²) in [6.07, 6.45) is 1.30. The van der Waals surface area contributed by atoms with Gasteiger partial charge in [0.15, 0.2) is 0 Å². The quantitative estimate of drug-likeness (QED) is 0.873. The Kier molecular flexibility index (Phi) is 3.86. The van der Waals surface area contributed by atoms with E-state index in [1.807, 2.05) is 13.8 Å². The van der Waals surface area contributed by atoms with Gasteiger partial charge in [0.2, 0.25) is 0 Å². The van der Waals surface area contributed by atoms with E-state index in [0.717, 1.165) is 37.1 Å².